The van der Waals surface area contributed by atoms with E-state index in [9.17, 15) is 4.79 Å². The van der Waals surface area contributed by atoms with Crippen LogP contribution in [0.25, 0.3) is 0 Å². The highest BCUT2D eigenvalue weighted by atomic mass is 16.5. The monoisotopic (exact) mass is 216 g/mol. The molecule has 5 heteroatoms. The third-order valence-corrected chi connectivity index (χ3v) is 3.12. The van der Waals surface area contributed by atoms with E-state index in [1.165, 1.54) is 0 Å². The highest BCUT2D eigenvalue weighted by molar-refractivity contribution is 5.70. The molecule has 0 saturated carbocycles. The van der Waals surface area contributed by atoms with Crippen LogP contribution in [0.1, 0.15) is 13.8 Å². The summed E-state index contributed by atoms with van der Waals surface area (Å²) in [5.74, 6) is -1.11. The van der Waals surface area contributed by atoms with Gasteiger partial charge >= 0.3 is 5.97 Å². The van der Waals surface area contributed by atoms with Crippen LogP contribution in [0.4, 0.5) is 0 Å². The van der Waals surface area contributed by atoms with Crippen molar-refractivity contribution in [3.8, 4) is 0 Å². The smallest absolute Gasteiger partial charge is 0.307 e. The standard InChI is InChI=1S/C10H20N2O3/c1-7(10(13)14)8(2)12-3-4-15-9(5-11)6-12/h7-9H,3-6,11H2,1-2H3,(H,13,14). The molecule has 0 radical (unpaired) electrons. The molecule has 0 aliphatic carbocycles. The molecule has 0 bridgehead atoms. The second-order valence-electron chi connectivity index (χ2n) is 4.09. The molecule has 3 unspecified atom stereocenters. The molecular weight excluding hydrogens is 196 g/mol. The van der Waals surface area contributed by atoms with Gasteiger partial charge in [0.15, 0.2) is 0 Å². The van der Waals surface area contributed by atoms with Crippen LogP contribution < -0.4 is 5.73 Å². The predicted molar refractivity (Wildman–Crippen MR) is 56.6 cm³/mol. The maximum absolute atomic E-state index is 10.9. The molecule has 0 aromatic carbocycles. The first-order chi connectivity index (χ1) is 7.06. The Bertz CT molecular complexity index is 223. The summed E-state index contributed by atoms with van der Waals surface area (Å²) in [6, 6.07) is 0.0282. The number of nitrogens with two attached hydrogens (primary N) is 1. The van der Waals surface area contributed by atoms with E-state index in [2.05, 4.69) is 4.90 Å². The van der Waals surface area contributed by atoms with E-state index in [1.54, 1.807) is 6.92 Å². The Morgan fingerprint density at radius 3 is 2.87 bits per heavy atom. The van der Waals surface area contributed by atoms with Crippen LogP contribution in [0, 0.1) is 5.92 Å². The highest BCUT2D eigenvalue weighted by Crippen LogP contribution is 2.15. The van der Waals surface area contributed by atoms with Crippen molar-refractivity contribution in [1.29, 1.82) is 0 Å². The lowest BCUT2D eigenvalue weighted by atomic mass is 10.0. The van der Waals surface area contributed by atoms with Gasteiger partial charge in [-0.25, -0.2) is 0 Å². The number of aliphatic carboxylic acids is 1. The molecule has 1 rings (SSSR count). The van der Waals surface area contributed by atoms with E-state index in [4.69, 9.17) is 15.6 Å². The third kappa shape index (κ3) is 3.15. The third-order valence-electron chi connectivity index (χ3n) is 3.12. The molecule has 3 atom stereocenters. The number of carboxylic acid groups (broad SMARTS) is 1. The molecule has 1 saturated heterocycles. The number of morpholine rings is 1. The first-order valence-electron chi connectivity index (χ1n) is 5.34. The summed E-state index contributed by atoms with van der Waals surface area (Å²) in [5, 5.41) is 8.92. The molecule has 1 heterocycles. The Morgan fingerprint density at radius 2 is 2.33 bits per heavy atom. The second-order valence-corrected chi connectivity index (χ2v) is 4.09. The van der Waals surface area contributed by atoms with Crippen molar-refractivity contribution in [3.63, 3.8) is 0 Å². The minimum Gasteiger partial charge on any atom is -0.481 e. The van der Waals surface area contributed by atoms with E-state index in [0.29, 0.717) is 13.2 Å². The number of carbonyl (C=O) groups is 1. The molecule has 0 amide bonds. The lowest BCUT2D eigenvalue weighted by molar-refractivity contribution is -0.144. The van der Waals surface area contributed by atoms with Gasteiger partial charge < -0.3 is 15.6 Å². The van der Waals surface area contributed by atoms with Gasteiger partial charge in [0, 0.05) is 25.7 Å². The van der Waals surface area contributed by atoms with Crippen LogP contribution in [-0.2, 0) is 9.53 Å². The summed E-state index contributed by atoms with van der Waals surface area (Å²) in [6.45, 7) is 6.32. The molecule has 0 aromatic heterocycles. The van der Waals surface area contributed by atoms with E-state index in [0.717, 1.165) is 13.1 Å². The van der Waals surface area contributed by atoms with E-state index >= 15 is 0 Å². The maximum Gasteiger partial charge on any atom is 0.307 e. The van der Waals surface area contributed by atoms with Crippen LogP contribution in [0.3, 0.4) is 0 Å². The minimum atomic E-state index is -0.752. The van der Waals surface area contributed by atoms with Crippen LogP contribution in [-0.4, -0.2) is 54.4 Å². The maximum atomic E-state index is 10.9. The van der Waals surface area contributed by atoms with Crippen LogP contribution >= 0.6 is 0 Å². The van der Waals surface area contributed by atoms with Crippen LogP contribution in [0.2, 0.25) is 0 Å². The quantitative estimate of drug-likeness (QED) is 0.678. The molecule has 3 N–H and O–H groups in total. The predicted octanol–water partition coefficient (Wildman–Crippen LogP) is -0.245. The molecule has 1 aliphatic heterocycles. The number of hydrogen-bond acceptors (Lipinski definition) is 4. The fourth-order valence-electron chi connectivity index (χ4n) is 1.78. The number of ether oxygens (including phenoxy) is 1. The lowest BCUT2D eigenvalue weighted by Gasteiger charge is -2.37. The van der Waals surface area contributed by atoms with Crippen LogP contribution in [0.5, 0.6) is 0 Å². The summed E-state index contributed by atoms with van der Waals surface area (Å²) >= 11 is 0. The highest BCUT2D eigenvalue weighted by Gasteiger charge is 2.29. The Morgan fingerprint density at radius 1 is 1.67 bits per heavy atom. The number of nitrogens with zero attached hydrogens (tertiary/aromatic N) is 1. The van der Waals surface area contributed by atoms with E-state index in [-0.39, 0.29) is 18.1 Å². The van der Waals surface area contributed by atoms with Gasteiger partial charge in [0.1, 0.15) is 0 Å². The first kappa shape index (κ1) is 12.4. The molecule has 1 fully saturated rings. The Labute approximate surface area is 90.2 Å². The van der Waals surface area contributed by atoms with Crippen molar-refractivity contribution in [1.82, 2.24) is 4.90 Å². The van der Waals surface area contributed by atoms with Gasteiger partial charge in [-0.15, -0.1) is 0 Å². The average Bonchev–Trinajstić information content (AvgIpc) is 2.27. The SMILES string of the molecule is CC(C(=O)O)C(C)N1CCOC(CN)C1. The van der Waals surface area contributed by atoms with Crippen molar-refractivity contribution in [2.24, 2.45) is 11.7 Å². The largest absolute Gasteiger partial charge is 0.481 e. The summed E-state index contributed by atoms with van der Waals surface area (Å²) in [6.07, 6.45) is 0.0437. The van der Waals surface area contributed by atoms with Crippen molar-refractivity contribution >= 4 is 5.97 Å². The molecular formula is C10H20N2O3. The molecule has 1 aliphatic rings. The number of carboxylic acids is 1. The van der Waals surface area contributed by atoms with Crippen molar-refractivity contribution in [3.05, 3.63) is 0 Å². The van der Waals surface area contributed by atoms with Crippen molar-refractivity contribution in [2.75, 3.05) is 26.2 Å². The van der Waals surface area contributed by atoms with E-state index < -0.39 is 5.97 Å². The topological polar surface area (TPSA) is 75.8 Å². The summed E-state index contributed by atoms with van der Waals surface area (Å²) in [7, 11) is 0. The lowest BCUT2D eigenvalue weighted by Crippen LogP contribution is -2.51. The summed E-state index contributed by atoms with van der Waals surface area (Å²) < 4.78 is 5.43. The van der Waals surface area contributed by atoms with Gasteiger partial charge in [-0.3, -0.25) is 9.69 Å². The molecule has 5 nitrogen and oxygen atoms in total. The van der Waals surface area contributed by atoms with Gasteiger partial charge in [0.05, 0.1) is 18.6 Å². The van der Waals surface area contributed by atoms with Gasteiger partial charge in [-0.1, -0.05) is 6.92 Å². The molecule has 0 aromatic rings. The normalized spacial score (nSPS) is 27.3. The summed E-state index contributed by atoms with van der Waals surface area (Å²) in [5.41, 5.74) is 5.53. The average molecular weight is 216 g/mol. The van der Waals surface area contributed by atoms with Gasteiger partial charge in [0.25, 0.3) is 0 Å². The fourth-order valence-corrected chi connectivity index (χ4v) is 1.78. The molecule has 15 heavy (non-hydrogen) atoms. The Kier molecular flexibility index (Phi) is 4.50. The van der Waals surface area contributed by atoms with Crippen LogP contribution in [0.15, 0.2) is 0 Å². The van der Waals surface area contributed by atoms with E-state index in [1.807, 2.05) is 6.92 Å². The zero-order valence-electron chi connectivity index (χ0n) is 9.35. The molecule has 0 spiro atoms. The van der Waals surface area contributed by atoms with Gasteiger partial charge in [-0.05, 0) is 6.92 Å². The van der Waals surface area contributed by atoms with Crippen molar-refractivity contribution in [2.45, 2.75) is 26.0 Å². The summed E-state index contributed by atoms with van der Waals surface area (Å²) in [4.78, 5) is 13.0. The van der Waals surface area contributed by atoms with Gasteiger partial charge in [-0.2, -0.15) is 0 Å². The fraction of sp³-hybridized carbons (Fsp3) is 0.900. The Hall–Kier alpha value is -0.650. The number of hydrogen-bond donors (Lipinski definition) is 2. The zero-order valence-corrected chi connectivity index (χ0v) is 9.35. The molecule has 88 valence electrons. The second kappa shape index (κ2) is 5.44. The Balaban J connectivity index is 2.51. The minimum absolute atomic E-state index is 0.0282. The number of rotatable bonds is 4. The first-order valence-corrected chi connectivity index (χ1v) is 5.34. The van der Waals surface area contributed by atoms with Crippen molar-refractivity contribution < 1.29 is 14.6 Å². The zero-order chi connectivity index (χ0) is 11.4. The van der Waals surface area contributed by atoms with Gasteiger partial charge in [0.2, 0.25) is 0 Å².